The Morgan fingerprint density at radius 3 is 2.70 bits per heavy atom. The summed E-state index contributed by atoms with van der Waals surface area (Å²) in [5.41, 5.74) is 2.01. The van der Waals surface area contributed by atoms with E-state index in [1.54, 1.807) is 18.2 Å². The molecule has 1 aliphatic rings. The van der Waals surface area contributed by atoms with Crippen LogP contribution in [0.3, 0.4) is 0 Å². The molecular weight excluding hydrogens is 355 g/mol. The first kappa shape index (κ1) is 18.0. The first-order chi connectivity index (χ1) is 10.9. The molecule has 1 aromatic rings. The molecule has 7 heteroatoms. The highest BCUT2D eigenvalue weighted by Gasteiger charge is 2.35. The molecular formula is C16H18Cl2N2O2S. The molecule has 2 rings (SSSR count). The minimum Gasteiger partial charge on any atom is -0.466 e. The Kier molecular flexibility index (Phi) is 5.89. The maximum atomic E-state index is 12.3. The quantitative estimate of drug-likeness (QED) is 0.636. The van der Waals surface area contributed by atoms with Crippen LogP contribution in [-0.4, -0.2) is 29.6 Å². The molecule has 1 atom stereocenters. The van der Waals surface area contributed by atoms with Gasteiger partial charge < -0.3 is 15.0 Å². The lowest BCUT2D eigenvalue weighted by molar-refractivity contribution is -0.136. The van der Waals surface area contributed by atoms with Crippen molar-refractivity contribution < 1.29 is 9.53 Å². The molecule has 0 radical (unpaired) electrons. The first-order valence-electron chi connectivity index (χ1n) is 7.22. The highest BCUT2D eigenvalue weighted by Crippen LogP contribution is 2.35. The Balaban J connectivity index is 2.57. The second-order valence-electron chi connectivity index (χ2n) is 5.19. The summed E-state index contributed by atoms with van der Waals surface area (Å²) in [6.45, 7) is 4.64. The number of nitrogens with zero attached hydrogens (tertiary/aromatic N) is 1. The SMILES string of the molecule is CCCN1C(=S)NC(c2ccc(Cl)cc2Cl)C(C(=O)OC)=C1C. The third-order valence-electron chi connectivity index (χ3n) is 3.72. The number of nitrogens with one attached hydrogen (secondary N) is 1. The Hall–Kier alpha value is -1.30. The van der Waals surface area contributed by atoms with Crippen molar-refractivity contribution in [3.8, 4) is 0 Å². The van der Waals surface area contributed by atoms with Gasteiger partial charge in [0.1, 0.15) is 0 Å². The number of hydrogen-bond acceptors (Lipinski definition) is 3. The van der Waals surface area contributed by atoms with Crippen LogP contribution >= 0.6 is 35.4 Å². The molecule has 0 fully saturated rings. The van der Waals surface area contributed by atoms with Crippen LogP contribution in [0.5, 0.6) is 0 Å². The molecule has 0 saturated heterocycles. The fraction of sp³-hybridized carbons (Fsp3) is 0.375. The third kappa shape index (κ3) is 3.62. The summed E-state index contributed by atoms with van der Waals surface area (Å²) < 4.78 is 4.96. The van der Waals surface area contributed by atoms with Crippen molar-refractivity contribution in [3.63, 3.8) is 0 Å². The minimum atomic E-state index is -0.465. The highest BCUT2D eigenvalue weighted by atomic mass is 35.5. The second kappa shape index (κ2) is 7.51. The fourth-order valence-corrected chi connectivity index (χ4v) is 3.48. The van der Waals surface area contributed by atoms with E-state index in [0.29, 0.717) is 20.7 Å². The van der Waals surface area contributed by atoms with Gasteiger partial charge in [-0.3, -0.25) is 0 Å². The summed E-state index contributed by atoms with van der Waals surface area (Å²) in [6.07, 6.45) is 0.903. The summed E-state index contributed by atoms with van der Waals surface area (Å²) in [5.74, 6) is -0.408. The van der Waals surface area contributed by atoms with Crippen LogP contribution in [-0.2, 0) is 9.53 Å². The van der Waals surface area contributed by atoms with Crippen LogP contribution in [0.4, 0.5) is 0 Å². The van der Waals surface area contributed by atoms with Gasteiger partial charge in [0, 0.05) is 22.3 Å². The van der Waals surface area contributed by atoms with E-state index < -0.39 is 12.0 Å². The van der Waals surface area contributed by atoms with Crippen molar-refractivity contribution in [1.82, 2.24) is 10.2 Å². The van der Waals surface area contributed by atoms with E-state index in [4.69, 9.17) is 40.2 Å². The largest absolute Gasteiger partial charge is 0.466 e. The number of hydrogen-bond donors (Lipinski definition) is 1. The van der Waals surface area contributed by atoms with Crippen LogP contribution in [0.2, 0.25) is 10.0 Å². The van der Waals surface area contributed by atoms with Gasteiger partial charge in [-0.15, -0.1) is 0 Å². The van der Waals surface area contributed by atoms with Crippen LogP contribution in [0, 0.1) is 0 Å². The molecule has 1 aliphatic heterocycles. The molecule has 124 valence electrons. The molecule has 0 amide bonds. The van der Waals surface area contributed by atoms with Gasteiger partial charge >= 0.3 is 5.97 Å². The topological polar surface area (TPSA) is 41.6 Å². The van der Waals surface area contributed by atoms with Crippen LogP contribution < -0.4 is 5.32 Å². The Labute approximate surface area is 151 Å². The summed E-state index contributed by atoms with van der Waals surface area (Å²) in [4.78, 5) is 14.2. The van der Waals surface area contributed by atoms with E-state index in [2.05, 4.69) is 12.2 Å². The molecule has 0 aromatic heterocycles. The van der Waals surface area contributed by atoms with Crippen LogP contribution in [0.15, 0.2) is 29.5 Å². The van der Waals surface area contributed by atoms with E-state index in [-0.39, 0.29) is 0 Å². The van der Waals surface area contributed by atoms with Crippen molar-refractivity contribution in [3.05, 3.63) is 45.1 Å². The number of methoxy groups -OCH3 is 1. The Morgan fingerprint density at radius 2 is 2.13 bits per heavy atom. The summed E-state index contributed by atoms with van der Waals surface area (Å²) in [6, 6.07) is 4.70. The molecule has 0 saturated carbocycles. The minimum absolute atomic E-state index is 0.408. The van der Waals surface area contributed by atoms with Crippen molar-refractivity contribution in [2.24, 2.45) is 0 Å². The van der Waals surface area contributed by atoms with Crippen molar-refractivity contribution in [1.29, 1.82) is 0 Å². The predicted octanol–water partition coefficient (Wildman–Crippen LogP) is 4.08. The van der Waals surface area contributed by atoms with Gasteiger partial charge in [-0.05, 0) is 43.3 Å². The number of thiocarbonyl (C=S) groups is 1. The number of benzene rings is 1. The molecule has 1 aromatic carbocycles. The molecule has 0 spiro atoms. The second-order valence-corrected chi connectivity index (χ2v) is 6.42. The van der Waals surface area contributed by atoms with Gasteiger partial charge in [-0.1, -0.05) is 36.2 Å². The van der Waals surface area contributed by atoms with E-state index in [0.717, 1.165) is 24.2 Å². The normalized spacial score (nSPS) is 18.0. The zero-order chi connectivity index (χ0) is 17.1. The van der Waals surface area contributed by atoms with E-state index in [1.807, 2.05) is 11.8 Å². The van der Waals surface area contributed by atoms with Gasteiger partial charge in [-0.2, -0.15) is 0 Å². The fourth-order valence-electron chi connectivity index (χ4n) is 2.62. The lowest BCUT2D eigenvalue weighted by Crippen LogP contribution is -2.48. The zero-order valence-electron chi connectivity index (χ0n) is 13.2. The van der Waals surface area contributed by atoms with Gasteiger partial charge in [-0.25, -0.2) is 4.79 Å². The molecule has 1 unspecified atom stereocenters. The van der Waals surface area contributed by atoms with Gasteiger partial charge in [0.05, 0.1) is 18.7 Å². The molecule has 1 heterocycles. The van der Waals surface area contributed by atoms with Crippen molar-refractivity contribution in [2.75, 3.05) is 13.7 Å². The monoisotopic (exact) mass is 372 g/mol. The van der Waals surface area contributed by atoms with E-state index in [9.17, 15) is 4.79 Å². The average molecular weight is 373 g/mol. The number of esters is 1. The molecule has 0 bridgehead atoms. The van der Waals surface area contributed by atoms with Crippen LogP contribution in [0.1, 0.15) is 31.9 Å². The number of carbonyl (C=O) groups is 1. The number of halogens is 2. The number of carbonyl (C=O) groups excluding carboxylic acids is 1. The summed E-state index contributed by atoms with van der Waals surface area (Å²) in [7, 11) is 1.36. The highest BCUT2D eigenvalue weighted by molar-refractivity contribution is 7.80. The Morgan fingerprint density at radius 1 is 1.43 bits per heavy atom. The molecule has 1 N–H and O–H groups in total. The lowest BCUT2D eigenvalue weighted by atomic mass is 9.95. The number of allylic oxidation sites excluding steroid dienone is 1. The third-order valence-corrected chi connectivity index (χ3v) is 4.62. The molecule has 4 nitrogen and oxygen atoms in total. The maximum Gasteiger partial charge on any atom is 0.337 e. The summed E-state index contributed by atoms with van der Waals surface area (Å²) in [5, 5.41) is 4.76. The average Bonchev–Trinajstić information content (AvgIpc) is 2.50. The van der Waals surface area contributed by atoms with Crippen LogP contribution in [0.25, 0.3) is 0 Å². The summed E-state index contributed by atoms with van der Waals surface area (Å²) >= 11 is 17.7. The maximum absolute atomic E-state index is 12.3. The van der Waals surface area contributed by atoms with E-state index >= 15 is 0 Å². The standard InChI is InChI=1S/C16H18Cl2N2O2S/c1-4-7-20-9(2)13(15(21)22-3)14(19-16(20)23)11-6-5-10(17)8-12(11)18/h5-6,8,14H,4,7H2,1-3H3,(H,19,23). The number of ether oxygens (including phenoxy) is 1. The van der Waals surface area contributed by atoms with Crippen molar-refractivity contribution in [2.45, 2.75) is 26.3 Å². The molecule has 23 heavy (non-hydrogen) atoms. The smallest absolute Gasteiger partial charge is 0.337 e. The number of rotatable bonds is 4. The van der Waals surface area contributed by atoms with Crippen molar-refractivity contribution >= 4 is 46.5 Å². The lowest BCUT2D eigenvalue weighted by Gasteiger charge is -2.37. The predicted molar refractivity (Wildman–Crippen MR) is 96.6 cm³/mol. The Bertz CT molecular complexity index is 676. The van der Waals surface area contributed by atoms with E-state index in [1.165, 1.54) is 7.11 Å². The zero-order valence-corrected chi connectivity index (χ0v) is 15.5. The van der Waals surface area contributed by atoms with Gasteiger partial charge in [0.2, 0.25) is 0 Å². The van der Waals surface area contributed by atoms with Gasteiger partial charge in [0.25, 0.3) is 0 Å². The first-order valence-corrected chi connectivity index (χ1v) is 8.39. The van der Waals surface area contributed by atoms with Gasteiger partial charge in [0.15, 0.2) is 5.11 Å². The molecule has 0 aliphatic carbocycles.